The molecule has 96 valence electrons. The smallest absolute Gasteiger partial charge is 0.0743 e. The summed E-state index contributed by atoms with van der Waals surface area (Å²) in [4.78, 5) is 0. The maximum Gasteiger partial charge on any atom is 0.0743 e. The van der Waals surface area contributed by atoms with Gasteiger partial charge in [0, 0.05) is 23.3 Å². The van der Waals surface area contributed by atoms with Gasteiger partial charge in [-0.25, -0.2) is 5.43 Å². The van der Waals surface area contributed by atoms with E-state index in [2.05, 4.69) is 10.5 Å². The maximum atomic E-state index is 6.15. The van der Waals surface area contributed by atoms with Crippen molar-refractivity contribution in [2.45, 2.75) is 26.4 Å². The van der Waals surface area contributed by atoms with Crippen molar-refractivity contribution < 1.29 is 0 Å². The zero-order valence-corrected chi connectivity index (χ0v) is 11.3. The highest BCUT2D eigenvalue weighted by Crippen LogP contribution is 2.28. The molecule has 5 heteroatoms. The third-order valence-corrected chi connectivity index (χ3v) is 3.51. The van der Waals surface area contributed by atoms with Crippen LogP contribution in [0.3, 0.4) is 0 Å². The minimum absolute atomic E-state index is 0.0935. The van der Waals surface area contributed by atoms with Gasteiger partial charge < -0.3 is 0 Å². The van der Waals surface area contributed by atoms with E-state index in [1.54, 1.807) is 0 Å². The highest BCUT2D eigenvalue weighted by atomic mass is 35.5. The van der Waals surface area contributed by atoms with Crippen molar-refractivity contribution in [3.8, 4) is 0 Å². The molecule has 0 radical (unpaired) electrons. The van der Waals surface area contributed by atoms with Crippen molar-refractivity contribution in [1.82, 2.24) is 15.2 Å². The molecule has 0 aliphatic rings. The van der Waals surface area contributed by atoms with E-state index >= 15 is 0 Å². The number of nitrogens with one attached hydrogen (secondary N) is 1. The van der Waals surface area contributed by atoms with E-state index in [1.165, 1.54) is 0 Å². The molecule has 0 bridgehead atoms. The van der Waals surface area contributed by atoms with Gasteiger partial charge in [-0.3, -0.25) is 10.5 Å². The number of aromatic nitrogens is 2. The van der Waals surface area contributed by atoms with E-state index < -0.39 is 0 Å². The van der Waals surface area contributed by atoms with Crippen LogP contribution < -0.4 is 11.3 Å². The molecule has 4 nitrogen and oxygen atoms in total. The van der Waals surface area contributed by atoms with Crippen LogP contribution in [-0.4, -0.2) is 9.78 Å². The Morgan fingerprint density at radius 2 is 2.28 bits per heavy atom. The molecule has 2 aromatic rings. The van der Waals surface area contributed by atoms with Crippen molar-refractivity contribution in [1.29, 1.82) is 0 Å². The van der Waals surface area contributed by atoms with Crippen LogP contribution in [0.2, 0.25) is 5.02 Å². The van der Waals surface area contributed by atoms with E-state index in [9.17, 15) is 0 Å². The summed E-state index contributed by atoms with van der Waals surface area (Å²) in [7, 11) is 0. The van der Waals surface area contributed by atoms with Gasteiger partial charge in [0.25, 0.3) is 0 Å². The van der Waals surface area contributed by atoms with Crippen LogP contribution in [0.5, 0.6) is 0 Å². The van der Waals surface area contributed by atoms with E-state index in [0.29, 0.717) is 0 Å². The van der Waals surface area contributed by atoms with Crippen molar-refractivity contribution in [3.05, 3.63) is 52.3 Å². The maximum absolute atomic E-state index is 6.15. The lowest BCUT2D eigenvalue weighted by Gasteiger charge is -2.17. The number of hydrogen-bond donors (Lipinski definition) is 2. The first-order valence-electron chi connectivity index (χ1n) is 5.90. The fourth-order valence-corrected chi connectivity index (χ4v) is 2.19. The van der Waals surface area contributed by atoms with E-state index in [-0.39, 0.29) is 6.04 Å². The van der Waals surface area contributed by atoms with Crippen LogP contribution in [0.25, 0.3) is 0 Å². The summed E-state index contributed by atoms with van der Waals surface area (Å²) in [5.74, 6) is 5.68. The van der Waals surface area contributed by atoms with Crippen molar-refractivity contribution in [2.75, 3.05) is 0 Å². The number of aryl methyl sites for hydroxylation is 1. The quantitative estimate of drug-likeness (QED) is 0.659. The Bertz CT molecular complexity index is 536. The Morgan fingerprint density at radius 3 is 2.89 bits per heavy atom. The van der Waals surface area contributed by atoms with E-state index in [1.807, 2.05) is 49.1 Å². The molecule has 0 spiro atoms. The lowest BCUT2D eigenvalue weighted by molar-refractivity contribution is 0.627. The summed E-state index contributed by atoms with van der Waals surface area (Å²) < 4.78 is 1.87. The van der Waals surface area contributed by atoms with E-state index in [0.717, 1.165) is 28.3 Å². The summed E-state index contributed by atoms with van der Waals surface area (Å²) in [5, 5.41) is 5.02. The molecule has 1 aromatic carbocycles. The second-order valence-electron chi connectivity index (χ2n) is 4.18. The Balaban J connectivity index is 2.41. The fourth-order valence-electron chi connectivity index (χ4n) is 2.00. The summed E-state index contributed by atoms with van der Waals surface area (Å²) in [5.41, 5.74) is 5.96. The molecule has 3 N–H and O–H groups in total. The van der Waals surface area contributed by atoms with Crippen LogP contribution >= 0.6 is 11.6 Å². The molecule has 2 rings (SSSR count). The van der Waals surface area contributed by atoms with Gasteiger partial charge in [0.2, 0.25) is 0 Å². The second kappa shape index (κ2) is 5.52. The van der Waals surface area contributed by atoms with Gasteiger partial charge >= 0.3 is 0 Å². The van der Waals surface area contributed by atoms with E-state index in [4.69, 9.17) is 17.4 Å². The first-order valence-corrected chi connectivity index (χ1v) is 6.28. The van der Waals surface area contributed by atoms with Crippen molar-refractivity contribution in [3.63, 3.8) is 0 Å². The SMILES string of the molecule is CCn1cc(C(NN)c2cccc(Cl)c2C)cn1. The van der Waals surface area contributed by atoms with Crippen LogP contribution in [0.4, 0.5) is 0 Å². The average Bonchev–Trinajstić information content (AvgIpc) is 2.84. The minimum Gasteiger partial charge on any atom is -0.273 e. The number of nitrogens with zero attached hydrogens (tertiary/aromatic N) is 2. The van der Waals surface area contributed by atoms with Gasteiger partial charge in [0.05, 0.1) is 12.2 Å². The molecule has 0 saturated heterocycles. The van der Waals surface area contributed by atoms with Gasteiger partial charge in [-0.05, 0) is 31.0 Å². The summed E-state index contributed by atoms with van der Waals surface area (Å²) in [6, 6.07) is 5.74. The topological polar surface area (TPSA) is 55.9 Å². The summed E-state index contributed by atoms with van der Waals surface area (Å²) in [6.45, 7) is 4.88. The monoisotopic (exact) mass is 264 g/mol. The lowest BCUT2D eigenvalue weighted by Crippen LogP contribution is -2.29. The Morgan fingerprint density at radius 1 is 1.50 bits per heavy atom. The van der Waals surface area contributed by atoms with Crippen LogP contribution in [-0.2, 0) is 6.54 Å². The predicted octanol–water partition coefficient (Wildman–Crippen LogP) is 2.42. The minimum atomic E-state index is -0.0935. The van der Waals surface area contributed by atoms with Gasteiger partial charge in [0.15, 0.2) is 0 Å². The first kappa shape index (κ1) is 13.1. The van der Waals surface area contributed by atoms with Gasteiger partial charge in [-0.1, -0.05) is 23.7 Å². The largest absolute Gasteiger partial charge is 0.273 e. The molecule has 0 fully saturated rings. The fraction of sp³-hybridized carbons (Fsp3) is 0.308. The number of hydrogen-bond acceptors (Lipinski definition) is 3. The molecular weight excluding hydrogens is 248 g/mol. The van der Waals surface area contributed by atoms with Gasteiger partial charge in [0.1, 0.15) is 0 Å². The highest BCUT2D eigenvalue weighted by molar-refractivity contribution is 6.31. The molecular formula is C13H17ClN4. The summed E-state index contributed by atoms with van der Waals surface area (Å²) in [6.07, 6.45) is 3.82. The number of nitrogens with two attached hydrogens (primary N) is 1. The number of benzene rings is 1. The zero-order valence-electron chi connectivity index (χ0n) is 10.5. The molecule has 1 heterocycles. The number of hydrazine groups is 1. The second-order valence-corrected chi connectivity index (χ2v) is 4.59. The first-order chi connectivity index (χ1) is 8.67. The normalized spacial score (nSPS) is 12.7. The molecule has 0 saturated carbocycles. The zero-order chi connectivity index (χ0) is 13.1. The van der Waals surface area contributed by atoms with Gasteiger partial charge in [-0.15, -0.1) is 0 Å². The summed E-state index contributed by atoms with van der Waals surface area (Å²) >= 11 is 6.15. The average molecular weight is 265 g/mol. The Labute approximate surface area is 112 Å². The molecule has 1 aromatic heterocycles. The van der Waals surface area contributed by atoms with Crippen LogP contribution in [0.15, 0.2) is 30.6 Å². The van der Waals surface area contributed by atoms with Gasteiger partial charge in [-0.2, -0.15) is 5.10 Å². The van der Waals surface area contributed by atoms with Crippen molar-refractivity contribution in [2.24, 2.45) is 5.84 Å². The third kappa shape index (κ3) is 2.41. The molecule has 1 atom stereocenters. The third-order valence-electron chi connectivity index (χ3n) is 3.10. The molecule has 18 heavy (non-hydrogen) atoms. The molecule has 0 aliphatic carbocycles. The number of halogens is 1. The highest BCUT2D eigenvalue weighted by Gasteiger charge is 2.17. The van der Waals surface area contributed by atoms with Crippen molar-refractivity contribution >= 4 is 11.6 Å². The Hall–Kier alpha value is -1.36. The predicted molar refractivity (Wildman–Crippen MR) is 73.3 cm³/mol. The standard InChI is InChI=1S/C13H17ClN4/c1-3-18-8-10(7-16-18)13(17-15)11-5-4-6-12(14)9(11)2/h4-8,13,17H,3,15H2,1-2H3. The molecule has 0 amide bonds. The van der Waals surface area contributed by atoms with Crippen LogP contribution in [0.1, 0.15) is 29.7 Å². The number of rotatable bonds is 4. The molecule has 1 unspecified atom stereocenters. The molecule has 0 aliphatic heterocycles. The Kier molecular flexibility index (Phi) is 4.01. The lowest BCUT2D eigenvalue weighted by atomic mass is 9.98. The van der Waals surface area contributed by atoms with Crippen LogP contribution in [0, 0.1) is 6.92 Å².